The molecule has 7 nitrogen and oxygen atoms in total. The maximum atomic E-state index is 13.6. The number of amides is 2. The van der Waals surface area contributed by atoms with Gasteiger partial charge >= 0.3 is 0 Å². The van der Waals surface area contributed by atoms with Crippen molar-refractivity contribution in [2.24, 2.45) is 0 Å². The highest BCUT2D eigenvalue weighted by Gasteiger charge is 2.29. The van der Waals surface area contributed by atoms with E-state index in [1.165, 1.54) is 11.0 Å². The fraction of sp³-hybridized carbons (Fsp3) is 0.259. The van der Waals surface area contributed by atoms with Crippen LogP contribution in [-0.2, 0) is 19.6 Å². The van der Waals surface area contributed by atoms with Crippen LogP contribution in [0.5, 0.6) is 17.2 Å². The molecule has 0 bridgehead atoms. The number of benzene rings is 3. The molecule has 2 N–H and O–H groups in total. The van der Waals surface area contributed by atoms with E-state index >= 15 is 0 Å². The van der Waals surface area contributed by atoms with Gasteiger partial charge in [0.1, 0.15) is 29.4 Å². The van der Waals surface area contributed by atoms with Crippen molar-refractivity contribution in [3.8, 4) is 17.2 Å². The van der Waals surface area contributed by atoms with Gasteiger partial charge in [-0.1, -0.05) is 36.4 Å². The molecule has 3 aromatic carbocycles. The zero-order chi connectivity index (χ0) is 24.4. The molecule has 0 fully saturated rings. The van der Waals surface area contributed by atoms with Crippen molar-refractivity contribution in [1.82, 2.24) is 9.80 Å². The van der Waals surface area contributed by atoms with Gasteiger partial charge in [0.2, 0.25) is 0 Å². The number of fused-ring (bicyclic) bond motifs is 1. The van der Waals surface area contributed by atoms with E-state index in [2.05, 4.69) is 0 Å². The van der Waals surface area contributed by atoms with Crippen molar-refractivity contribution in [2.75, 3.05) is 20.6 Å². The second kappa shape index (κ2) is 9.47. The lowest BCUT2D eigenvalue weighted by Crippen LogP contribution is -2.36. The Morgan fingerprint density at radius 2 is 1.74 bits per heavy atom. The van der Waals surface area contributed by atoms with E-state index in [4.69, 9.17) is 4.74 Å². The molecule has 0 atom stereocenters. The van der Waals surface area contributed by atoms with E-state index < -0.39 is 5.91 Å². The molecule has 0 saturated carbocycles. The van der Waals surface area contributed by atoms with Crippen molar-refractivity contribution in [3.63, 3.8) is 0 Å². The summed E-state index contributed by atoms with van der Waals surface area (Å²) in [5, 5.41) is 20.9. The summed E-state index contributed by atoms with van der Waals surface area (Å²) in [7, 11) is 3.40. The molecule has 0 aromatic heterocycles. The smallest absolute Gasteiger partial charge is 0.261 e. The Bertz CT molecular complexity index is 1240. The third-order valence-electron chi connectivity index (χ3n) is 6.08. The molecule has 1 aliphatic heterocycles. The predicted molar refractivity (Wildman–Crippen MR) is 128 cm³/mol. The molecular formula is C27H28N2O5. The van der Waals surface area contributed by atoms with Gasteiger partial charge in [0.15, 0.2) is 0 Å². The standard InChI is InChI=1S/C27H28N2O5/c1-17-22(30)14-23(31)24(25(17)34-16-18-7-5-4-6-8-18)27(33)29-12-11-19-9-10-20(13-21(19)15-29)26(32)28(2)3/h4-10,13-14,30-31H,11-12,15-16H2,1-3H3. The maximum absolute atomic E-state index is 13.6. The Kier molecular flexibility index (Phi) is 6.45. The number of hydrogen-bond acceptors (Lipinski definition) is 5. The molecule has 0 aliphatic carbocycles. The van der Waals surface area contributed by atoms with Gasteiger partial charge in [-0.2, -0.15) is 0 Å². The molecule has 4 rings (SSSR count). The van der Waals surface area contributed by atoms with E-state index in [1.807, 2.05) is 48.5 Å². The van der Waals surface area contributed by atoms with E-state index in [-0.39, 0.29) is 35.3 Å². The van der Waals surface area contributed by atoms with Gasteiger partial charge in [-0.05, 0) is 42.2 Å². The normalized spacial score (nSPS) is 12.7. The molecule has 34 heavy (non-hydrogen) atoms. The molecule has 7 heteroatoms. The van der Waals surface area contributed by atoms with Gasteiger partial charge in [-0.3, -0.25) is 9.59 Å². The second-order valence-corrected chi connectivity index (χ2v) is 8.68. The average Bonchev–Trinajstić information content (AvgIpc) is 2.84. The van der Waals surface area contributed by atoms with Crippen LogP contribution in [0.1, 0.15) is 43.0 Å². The molecule has 0 spiro atoms. The zero-order valence-corrected chi connectivity index (χ0v) is 19.5. The minimum Gasteiger partial charge on any atom is -0.507 e. The monoisotopic (exact) mass is 460 g/mol. The Labute approximate surface area is 198 Å². The van der Waals surface area contributed by atoms with Gasteiger partial charge in [-0.15, -0.1) is 0 Å². The first-order valence-corrected chi connectivity index (χ1v) is 11.1. The minimum absolute atomic E-state index is 0.0233. The molecule has 3 aromatic rings. The van der Waals surface area contributed by atoms with Crippen molar-refractivity contribution in [3.05, 3.63) is 88.0 Å². The molecule has 2 amide bonds. The fourth-order valence-corrected chi connectivity index (χ4v) is 4.13. The zero-order valence-electron chi connectivity index (χ0n) is 19.5. The summed E-state index contributed by atoms with van der Waals surface area (Å²) in [6, 6.07) is 16.2. The lowest BCUT2D eigenvalue weighted by atomic mass is 9.96. The van der Waals surface area contributed by atoms with Gasteiger partial charge in [0, 0.05) is 44.4 Å². The van der Waals surface area contributed by atoms with Crippen LogP contribution < -0.4 is 4.74 Å². The number of carbonyl (C=O) groups is 2. The Balaban J connectivity index is 1.64. The number of aromatic hydroxyl groups is 2. The van der Waals surface area contributed by atoms with Crippen LogP contribution in [-0.4, -0.2) is 52.5 Å². The van der Waals surface area contributed by atoms with Crippen LogP contribution in [0.3, 0.4) is 0 Å². The molecule has 1 aliphatic rings. The summed E-state index contributed by atoms with van der Waals surface area (Å²) >= 11 is 0. The SMILES string of the molecule is Cc1c(O)cc(O)c(C(=O)N2CCc3ccc(C(=O)N(C)C)cc3C2)c1OCc1ccccc1. The Morgan fingerprint density at radius 1 is 1.00 bits per heavy atom. The molecule has 176 valence electrons. The van der Waals surface area contributed by atoms with Crippen LogP contribution in [0, 0.1) is 6.92 Å². The average molecular weight is 461 g/mol. The maximum Gasteiger partial charge on any atom is 0.261 e. The number of phenols is 2. The lowest BCUT2D eigenvalue weighted by Gasteiger charge is -2.30. The van der Waals surface area contributed by atoms with Crippen molar-refractivity contribution in [1.29, 1.82) is 0 Å². The Hall–Kier alpha value is -4.00. The number of carbonyl (C=O) groups excluding carboxylic acids is 2. The van der Waals surface area contributed by atoms with Crippen LogP contribution in [0.2, 0.25) is 0 Å². The van der Waals surface area contributed by atoms with Gasteiger partial charge in [0.25, 0.3) is 11.8 Å². The number of rotatable bonds is 5. The minimum atomic E-state index is -0.390. The highest BCUT2D eigenvalue weighted by molar-refractivity contribution is 6.00. The third-order valence-corrected chi connectivity index (χ3v) is 6.08. The molecule has 0 saturated heterocycles. The summed E-state index contributed by atoms with van der Waals surface area (Å²) in [6.45, 7) is 2.60. The first-order chi connectivity index (χ1) is 16.3. The number of nitrogens with zero attached hydrogens (tertiary/aromatic N) is 2. The van der Waals surface area contributed by atoms with Crippen LogP contribution >= 0.6 is 0 Å². The van der Waals surface area contributed by atoms with Crippen molar-refractivity contribution in [2.45, 2.75) is 26.5 Å². The topological polar surface area (TPSA) is 90.3 Å². The number of phenolic OH excluding ortho intramolecular Hbond substituents is 2. The first kappa shape index (κ1) is 23.2. The van der Waals surface area contributed by atoms with Crippen molar-refractivity contribution < 1.29 is 24.5 Å². The van der Waals surface area contributed by atoms with Gasteiger partial charge in [-0.25, -0.2) is 0 Å². The highest BCUT2D eigenvalue weighted by Crippen LogP contribution is 2.39. The summed E-state index contributed by atoms with van der Waals surface area (Å²) < 4.78 is 5.96. The summed E-state index contributed by atoms with van der Waals surface area (Å²) in [5.41, 5.74) is 3.85. The fourth-order valence-electron chi connectivity index (χ4n) is 4.13. The number of ether oxygens (including phenoxy) is 1. The van der Waals surface area contributed by atoms with E-state index in [9.17, 15) is 19.8 Å². The van der Waals surface area contributed by atoms with Crippen molar-refractivity contribution >= 4 is 11.8 Å². The highest BCUT2D eigenvalue weighted by atomic mass is 16.5. The van der Waals surface area contributed by atoms with E-state index in [0.717, 1.165) is 16.7 Å². The quantitative estimate of drug-likeness (QED) is 0.603. The molecule has 1 heterocycles. The lowest BCUT2D eigenvalue weighted by molar-refractivity contribution is 0.0726. The van der Waals surface area contributed by atoms with E-state index in [0.29, 0.717) is 30.6 Å². The third kappa shape index (κ3) is 4.55. The largest absolute Gasteiger partial charge is 0.507 e. The summed E-state index contributed by atoms with van der Waals surface area (Å²) in [6.07, 6.45) is 0.634. The first-order valence-electron chi connectivity index (χ1n) is 11.1. The molecular weight excluding hydrogens is 432 g/mol. The van der Waals surface area contributed by atoms with E-state index in [1.54, 1.807) is 25.9 Å². The molecule has 0 unspecified atom stereocenters. The predicted octanol–water partition coefficient (Wildman–Crippen LogP) is 3.89. The summed E-state index contributed by atoms with van der Waals surface area (Å²) in [4.78, 5) is 29.1. The van der Waals surface area contributed by atoms with Gasteiger partial charge in [0.05, 0.1) is 0 Å². The second-order valence-electron chi connectivity index (χ2n) is 8.68. The van der Waals surface area contributed by atoms with Crippen LogP contribution in [0.25, 0.3) is 0 Å². The van der Waals surface area contributed by atoms with Crippen LogP contribution in [0.15, 0.2) is 54.6 Å². The summed E-state index contributed by atoms with van der Waals surface area (Å²) in [5.74, 6) is -0.812. The number of hydrogen-bond donors (Lipinski definition) is 2. The van der Waals surface area contributed by atoms with Crippen LogP contribution in [0.4, 0.5) is 0 Å². The molecule has 0 radical (unpaired) electrons. The Morgan fingerprint density at radius 3 is 2.44 bits per heavy atom. The van der Waals surface area contributed by atoms with Gasteiger partial charge < -0.3 is 24.7 Å².